The van der Waals surface area contributed by atoms with Gasteiger partial charge in [0.2, 0.25) is 0 Å². The van der Waals surface area contributed by atoms with Crippen LogP contribution >= 0.6 is 0 Å². The molecule has 38 heavy (non-hydrogen) atoms. The molecule has 0 saturated carbocycles. The summed E-state index contributed by atoms with van der Waals surface area (Å²) in [5, 5.41) is 0. The molecule has 2 aliphatic rings. The van der Waals surface area contributed by atoms with Gasteiger partial charge in [0.25, 0.3) is 11.8 Å². The van der Waals surface area contributed by atoms with Crippen LogP contribution < -0.4 is 0 Å². The molecule has 1 unspecified atom stereocenters. The van der Waals surface area contributed by atoms with E-state index in [0.29, 0.717) is 0 Å². The molecule has 0 N–H and O–H groups in total. The summed E-state index contributed by atoms with van der Waals surface area (Å²) in [6, 6.07) is 14.0. The Bertz CT molecular complexity index is 1190. The molecule has 0 radical (unpaired) electrons. The van der Waals surface area contributed by atoms with Crippen LogP contribution in [0.4, 0.5) is 0 Å². The molecular weight excluding hydrogens is 498 g/mol. The summed E-state index contributed by atoms with van der Waals surface area (Å²) in [6.07, 6.45) is -5.20. The molecule has 5 atom stereocenters. The zero-order valence-corrected chi connectivity index (χ0v) is 21.0. The van der Waals surface area contributed by atoms with Gasteiger partial charge >= 0.3 is 17.9 Å². The number of benzene rings is 2. The molecule has 1 fully saturated rings. The number of amides is 2. The van der Waals surface area contributed by atoms with E-state index in [0.717, 1.165) is 24.3 Å². The van der Waals surface area contributed by atoms with Crippen LogP contribution in [-0.4, -0.2) is 71.9 Å². The highest BCUT2D eigenvalue weighted by atomic mass is 16.7. The van der Waals surface area contributed by atoms with Gasteiger partial charge in [0.05, 0.1) is 17.7 Å². The van der Waals surface area contributed by atoms with Crippen LogP contribution in [-0.2, 0) is 44.7 Å². The minimum atomic E-state index is -1.39. The largest absolute Gasteiger partial charge is 0.463 e. The van der Waals surface area contributed by atoms with Crippen molar-refractivity contribution in [2.24, 2.45) is 0 Å². The highest BCUT2D eigenvalue weighted by Gasteiger charge is 2.57. The first-order valence-corrected chi connectivity index (χ1v) is 11.9. The van der Waals surface area contributed by atoms with Crippen LogP contribution in [0.5, 0.6) is 0 Å². The molecule has 2 aromatic rings. The van der Waals surface area contributed by atoms with Crippen LogP contribution in [0, 0.1) is 0 Å². The van der Waals surface area contributed by atoms with Crippen molar-refractivity contribution in [2.45, 2.75) is 58.0 Å². The van der Waals surface area contributed by atoms with Crippen molar-refractivity contribution in [3.8, 4) is 0 Å². The second-order valence-corrected chi connectivity index (χ2v) is 8.81. The van der Waals surface area contributed by atoms with Gasteiger partial charge in [-0.15, -0.1) is 0 Å². The van der Waals surface area contributed by atoms with E-state index in [2.05, 4.69) is 0 Å². The summed E-state index contributed by atoms with van der Waals surface area (Å²) in [5.74, 6) is -3.42. The van der Waals surface area contributed by atoms with E-state index in [-0.39, 0.29) is 24.3 Å². The maximum atomic E-state index is 13.5. The van der Waals surface area contributed by atoms with Gasteiger partial charge in [-0.25, -0.2) is 0 Å². The van der Waals surface area contributed by atoms with Crippen molar-refractivity contribution < 1.29 is 47.7 Å². The molecule has 0 spiro atoms. The lowest BCUT2D eigenvalue weighted by molar-refractivity contribution is -0.288. The number of hydrogen-bond donors (Lipinski definition) is 0. The van der Waals surface area contributed by atoms with Gasteiger partial charge in [0.1, 0.15) is 18.8 Å². The predicted octanol–water partition coefficient (Wildman–Crippen LogP) is 2.02. The number of nitrogens with zero attached hydrogens (tertiary/aromatic N) is 1. The Morgan fingerprint density at radius 3 is 1.89 bits per heavy atom. The lowest BCUT2D eigenvalue weighted by Gasteiger charge is -2.47. The van der Waals surface area contributed by atoms with Crippen LogP contribution in [0.2, 0.25) is 0 Å². The molecule has 2 aromatic carbocycles. The number of fused-ring (bicyclic) bond motifs is 1. The molecule has 4 rings (SSSR count). The number of hydrogen-bond acceptors (Lipinski definition) is 10. The quantitative estimate of drug-likeness (QED) is 0.286. The first kappa shape index (κ1) is 27.0. The van der Waals surface area contributed by atoms with E-state index >= 15 is 0 Å². The highest BCUT2D eigenvalue weighted by Crippen LogP contribution is 2.35. The Balaban J connectivity index is 1.77. The molecule has 2 aliphatic heterocycles. The van der Waals surface area contributed by atoms with E-state index in [1.807, 2.05) is 18.2 Å². The van der Waals surface area contributed by atoms with Gasteiger partial charge in [0.15, 0.2) is 18.5 Å². The van der Waals surface area contributed by atoms with Crippen LogP contribution in [0.25, 0.3) is 0 Å². The zero-order valence-electron chi connectivity index (χ0n) is 21.0. The number of carbonyl (C=O) groups excluding carboxylic acids is 5. The van der Waals surface area contributed by atoms with E-state index < -0.39 is 60.4 Å². The lowest BCUT2D eigenvalue weighted by atomic mass is 9.94. The molecule has 2 amide bonds. The van der Waals surface area contributed by atoms with Gasteiger partial charge in [-0.05, 0) is 17.7 Å². The Hall–Kier alpha value is -4.09. The summed E-state index contributed by atoms with van der Waals surface area (Å²) in [6.45, 7) is 3.11. The Labute approximate surface area is 218 Å². The van der Waals surface area contributed by atoms with Crippen LogP contribution in [0.3, 0.4) is 0 Å². The van der Waals surface area contributed by atoms with E-state index in [1.165, 1.54) is 19.1 Å². The third-order valence-electron chi connectivity index (χ3n) is 6.05. The molecule has 200 valence electrons. The predicted molar refractivity (Wildman–Crippen MR) is 128 cm³/mol. The second-order valence-electron chi connectivity index (χ2n) is 8.81. The minimum absolute atomic E-state index is 0.0104. The molecule has 2 heterocycles. The zero-order chi connectivity index (χ0) is 27.4. The Morgan fingerprint density at radius 1 is 0.789 bits per heavy atom. The summed E-state index contributed by atoms with van der Waals surface area (Å²) in [5.41, 5.74) is 1.08. The van der Waals surface area contributed by atoms with Gasteiger partial charge in [0, 0.05) is 20.8 Å². The molecule has 1 saturated heterocycles. The maximum Gasteiger partial charge on any atom is 0.303 e. The molecule has 11 heteroatoms. The fourth-order valence-corrected chi connectivity index (χ4v) is 4.53. The third-order valence-corrected chi connectivity index (χ3v) is 6.05. The fourth-order valence-electron chi connectivity index (χ4n) is 4.53. The average molecular weight is 526 g/mol. The first-order chi connectivity index (χ1) is 18.2. The van der Waals surface area contributed by atoms with Crippen molar-refractivity contribution in [3.63, 3.8) is 0 Å². The molecule has 0 aromatic heterocycles. The SMILES string of the molecule is CC(=O)OCC1O[C@@H](OCc2ccccc2)[C@@H](N2C(=O)c3ccccc3C2=O)[C@@H](OC(C)=O)[C@H]1OC(C)=O. The van der Waals surface area contributed by atoms with Crippen molar-refractivity contribution in [1.82, 2.24) is 4.90 Å². The maximum absolute atomic E-state index is 13.5. The summed E-state index contributed by atoms with van der Waals surface area (Å²) in [4.78, 5) is 63.7. The number of imide groups is 1. The number of rotatable bonds is 8. The lowest BCUT2D eigenvalue weighted by Crippen LogP contribution is -2.67. The second kappa shape index (κ2) is 11.5. The molecule has 11 nitrogen and oxygen atoms in total. The van der Waals surface area contributed by atoms with Gasteiger partial charge in [-0.1, -0.05) is 42.5 Å². The summed E-state index contributed by atoms with van der Waals surface area (Å²) >= 11 is 0. The minimum Gasteiger partial charge on any atom is -0.463 e. The Kier molecular flexibility index (Phi) is 8.18. The fraction of sp³-hybridized carbons (Fsp3) is 0.370. The number of esters is 3. The standard InChI is InChI=1S/C27H27NO10/c1-15(29)34-14-21-23(36-16(2)30)24(37-17(3)31)22(27(38-21)35-13-18-9-5-4-6-10-18)28-25(32)19-11-7-8-12-20(19)26(28)33/h4-12,21-24,27H,13-14H2,1-3H3/t21?,22-,23-,24+,27+/m0/s1. The Morgan fingerprint density at radius 2 is 1.34 bits per heavy atom. The third kappa shape index (κ3) is 5.74. The van der Waals surface area contributed by atoms with Crippen molar-refractivity contribution in [2.75, 3.05) is 6.61 Å². The topological polar surface area (TPSA) is 135 Å². The van der Waals surface area contributed by atoms with Crippen LogP contribution in [0.15, 0.2) is 54.6 Å². The molecule has 0 bridgehead atoms. The summed E-state index contributed by atoms with van der Waals surface area (Å²) in [7, 11) is 0. The monoisotopic (exact) mass is 525 g/mol. The normalized spacial score (nSPS) is 24.5. The van der Waals surface area contributed by atoms with Crippen molar-refractivity contribution >= 4 is 29.7 Å². The average Bonchev–Trinajstić information content (AvgIpc) is 3.13. The van der Waals surface area contributed by atoms with E-state index in [1.54, 1.807) is 24.3 Å². The van der Waals surface area contributed by atoms with Gasteiger partial charge in [-0.3, -0.25) is 28.9 Å². The van der Waals surface area contributed by atoms with Crippen molar-refractivity contribution in [3.05, 3.63) is 71.3 Å². The highest BCUT2D eigenvalue weighted by molar-refractivity contribution is 6.21. The van der Waals surface area contributed by atoms with Crippen LogP contribution in [0.1, 0.15) is 47.1 Å². The smallest absolute Gasteiger partial charge is 0.303 e. The molecular formula is C27H27NO10. The van der Waals surface area contributed by atoms with Crippen molar-refractivity contribution in [1.29, 1.82) is 0 Å². The van der Waals surface area contributed by atoms with Gasteiger partial charge in [-0.2, -0.15) is 0 Å². The van der Waals surface area contributed by atoms with Gasteiger partial charge < -0.3 is 23.7 Å². The van der Waals surface area contributed by atoms with E-state index in [4.69, 9.17) is 23.7 Å². The summed E-state index contributed by atoms with van der Waals surface area (Å²) < 4.78 is 28.3. The molecule has 0 aliphatic carbocycles. The first-order valence-electron chi connectivity index (χ1n) is 11.9. The number of carbonyl (C=O) groups is 5. The number of ether oxygens (including phenoxy) is 5. The van der Waals surface area contributed by atoms with E-state index in [9.17, 15) is 24.0 Å².